The molecule has 0 saturated heterocycles. The van der Waals surface area contributed by atoms with Gasteiger partial charge in [0.25, 0.3) is 5.91 Å². The lowest BCUT2D eigenvalue weighted by Gasteiger charge is -2.13. The number of para-hydroxylation sites is 1. The molecular formula is C18H19N3O4. The number of aliphatic carboxylic acids is 1. The predicted octanol–water partition coefficient (Wildman–Crippen LogP) is 3.20. The number of aromatic amines is 1. The number of fused-ring (bicyclic) bond motifs is 1. The van der Waals surface area contributed by atoms with Gasteiger partial charge in [-0.2, -0.15) is 5.10 Å². The fourth-order valence-corrected chi connectivity index (χ4v) is 2.65. The highest BCUT2D eigenvalue weighted by molar-refractivity contribution is 6.01. The highest BCUT2D eigenvalue weighted by atomic mass is 16.4. The lowest BCUT2D eigenvalue weighted by molar-refractivity contribution is -0.139. The standard InChI is InChI=1S/C18H19N3O4/c1-2-3-7-13(18(23)24)20-17(22)12-10-19-21-16(12)15-9-11-6-4-5-8-14(11)25-15/h4-6,8-10,13H,2-3,7H2,1H3,(H,19,21)(H,20,22)(H,23,24)/t13-/m0/s1. The number of furan rings is 1. The Kier molecular flexibility index (Phi) is 4.83. The number of hydrogen-bond donors (Lipinski definition) is 3. The first-order chi connectivity index (χ1) is 12.1. The van der Waals surface area contributed by atoms with Gasteiger partial charge in [-0.3, -0.25) is 9.89 Å². The third-order valence-corrected chi connectivity index (χ3v) is 4.01. The number of rotatable bonds is 7. The van der Waals surface area contributed by atoms with E-state index in [9.17, 15) is 14.7 Å². The minimum atomic E-state index is -1.05. The number of unbranched alkanes of at least 4 members (excludes halogenated alkanes) is 1. The fourth-order valence-electron chi connectivity index (χ4n) is 2.65. The molecule has 2 aromatic heterocycles. The Morgan fingerprint density at radius 2 is 2.16 bits per heavy atom. The summed E-state index contributed by atoms with van der Waals surface area (Å²) in [5.74, 6) is -1.06. The number of carbonyl (C=O) groups is 2. The molecule has 7 heteroatoms. The Bertz CT molecular complexity index is 864. The van der Waals surface area contributed by atoms with Crippen molar-refractivity contribution in [3.8, 4) is 11.5 Å². The number of aromatic nitrogens is 2. The van der Waals surface area contributed by atoms with Gasteiger partial charge in [0.2, 0.25) is 0 Å². The molecule has 2 heterocycles. The zero-order chi connectivity index (χ0) is 17.8. The zero-order valence-electron chi connectivity index (χ0n) is 13.8. The van der Waals surface area contributed by atoms with Crippen LogP contribution in [0.4, 0.5) is 0 Å². The van der Waals surface area contributed by atoms with Gasteiger partial charge in [-0.15, -0.1) is 0 Å². The molecule has 7 nitrogen and oxygen atoms in total. The van der Waals surface area contributed by atoms with E-state index in [2.05, 4.69) is 15.5 Å². The Hall–Kier alpha value is -3.09. The molecule has 1 atom stereocenters. The van der Waals surface area contributed by atoms with Gasteiger partial charge in [0.15, 0.2) is 5.76 Å². The van der Waals surface area contributed by atoms with Crippen molar-refractivity contribution >= 4 is 22.8 Å². The van der Waals surface area contributed by atoms with E-state index in [0.29, 0.717) is 23.5 Å². The molecule has 3 rings (SSSR count). The van der Waals surface area contributed by atoms with E-state index in [0.717, 1.165) is 18.2 Å². The summed E-state index contributed by atoms with van der Waals surface area (Å²) in [4.78, 5) is 23.8. The van der Waals surface area contributed by atoms with E-state index in [1.54, 1.807) is 0 Å². The van der Waals surface area contributed by atoms with Crippen LogP contribution in [-0.2, 0) is 4.79 Å². The van der Waals surface area contributed by atoms with Crippen molar-refractivity contribution in [2.24, 2.45) is 0 Å². The average molecular weight is 341 g/mol. The second-order valence-corrected chi connectivity index (χ2v) is 5.81. The van der Waals surface area contributed by atoms with Gasteiger partial charge in [-0.1, -0.05) is 38.0 Å². The van der Waals surface area contributed by atoms with Crippen molar-refractivity contribution in [3.63, 3.8) is 0 Å². The summed E-state index contributed by atoms with van der Waals surface area (Å²) in [6, 6.07) is 8.38. The molecule has 0 bridgehead atoms. The highest BCUT2D eigenvalue weighted by Crippen LogP contribution is 2.28. The molecule has 0 aliphatic carbocycles. The number of benzene rings is 1. The second kappa shape index (κ2) is 7.21. The Labute approximate surface area is 144 Å². The molecule has 0 saturated carbocycles. The lowest BCUT2D eigenvalue weighted by Crippen LogP contribution is -2.40. The van der Waals surface area contributed by atoms with Gasteiger partial charge in [0.1, 0.15) is 17.3 Å². The molecular weight excluding hydrogens is 322 g/mol. The number of nitrogens with zero attached hydrogens (tertiary/aromatic N) is 1. The SMILES string of the molecule is CCCC[C@H](NC(=O)c1cn[nH]c1-c1cc2ccccc2o1)C(=O)O. The fraction of sp³-hybridized carbons (Fsp3) is 0.278. The summed E-state index contributed by atoms with van der Waals surface area (Å²) in [5.41, 5.74) is 1.37. The molecule has 1 amide bonds. The van der Waals surface area contributed by atoms with Crippen LogP contribution in [0.3, 0.4) is 0 Å². The molecule has 0 spiro atoms. The van der Waals surface area contributed by atoms with E-state index in [-0.39, 0.29) is 5.56 Å². The van der Waals surface area contributed by atoms with E-state index in [1.165, 1.54) is 6.20 Å². The number of carbonyl (C=O) groups excluding carboxylic acids is 1. The van der Waals surface area contributed by atoms with Crippen LogP contribution in [0.15, 0.2) is 40.9 Å². The molecule has 0 radical (unpaired) electrons. The summed E-state index contributed by atoms with van der Waals surface area (Å²) in [7, 11) is 0. The number of amides is 1. The van der Waals surface area contributed by atoms with E-state index in [1.807, 2.05) is 37.3 Å². The summed E-state index contributed by atoms with van der Waals surface area (Å²) in [6.07, 6.45) is 3.33. The van der Waals surface area contributed by atoms with Crippen molar-refractivity contribution in [1.82, 2.24) is 15.5 Å². The van der Waals surface area contributed by atoms with Crippen LogP contribution in [0.25, 0.3) is 22.4 Å². The van der Waals surface area contributed by atoms with Crippen molar-refractivity contribution < 1.29 is 19.1 Å². The zero-order valence-corrected chi connectivity index (χ0v) is 13.8. The molecule has 0 unspecified atom stereocenters. The van der Waals surface area contributed by atoms with Gasteiger partial charge < -0.3 is 14.8 Å². The smallest absolute Gasteiger partial charge is 0.326 e. The van der Waals surface area contributed by atoms with Gasteiger partial charge in [0, 0.05) is 5.39 Å². The maximum Gasteiger partial charge on any atom is 0.326 e. The van der Waals surface area contributed by atoms with Crippen LogP contribution in [0, 0.1) is 0 Å². The lowest BCUT2D eigenvalue weighted by atomic mass is 10.1. The van der Waals surface area contributed by atoms with Gasteiger partial charge in [-0.05, 0) is 18.6 Å². The second-order valence-electron chi connectivity index (χ2n) is 5.81. The van der Waals surface area contributed by atoms with Crippen LogP contribution in [0.1, 0.15) is 36.5 Å². The minimum Gasteiger partial charge on any atom is -0.480 e. The molecule has 3 aromatic rings. The maximum atomic E-state index is 12.5. The van der Waals surface area contributed by atoms with Crippen molar-refractivity contribution in [2.45, 2.75) is 32.2 Å². The molecule has 25 heavy (non-hydrogen) atoms. The topological polar surface area (TPSA) is 108 Å². The summed E-state index contributed by atoms with van der Waals surface area (Å²) in [6.45, 7) is 1.97. The molecule has 1 aromatic carbocycles. The van der Waals surface area contributed by atoms with Gasteiger partial charge >= 0.3 is 5.97 Å². The highest BCUT2D eigenvalue weighted by Gasteiger charge is 2.24. The Morgan fingerprint density at radius 1 is 1.36 bits per heavy atom. The van der Waals surface area contributed by atoms with Crippen LogP contribution in [0.2, 0.25) is 0 Å². The monoisotopic (exact) mass is 341 g/mol. The number of carboxylic acid groups (broad SMARTS) is 1. The third kappa shape index (κ3) is 3.55. The number of carboxylic acids is 1. The quantitative estimate of drug-likeness (QED) is 0.611. The largest absolute Gasteiger partial charge is 0.480 e. The van der Waals surface area contributed by atoms with Crippen molar-refractivity contribution in [3.05, 3.63) is 42.1 Å². The Morgan fingerprint density at radius 3 is 2.88 bits per heavy atom. The number of hydrogen-bond acceptors (Lipinski definition) is 4. The van der Waals surface area contributed by atoms with Crippen molar-refractivity contribution in [1.29, 1.82) is 0 Å². The predicted molar refractivity (Wildman–Crippen MR) is 92.2 cm³/mol. The molecule has 3 N–H and O–H groups in total. The maximum absolute atomic E-state index is 12.5. The van der Waals surface area contributed by atoms with E-state index < -0.39 is 17.9 Å². The normalized spacial score (nSPS) is 12.2. The van der Waals surface area contributed by atoms with Crippen LogP contribution in [0.5, 0.6) is 0 Å². The average Bonchev–Trinajstić information content (AvgIpc) is 3.23. The summed E-state index contributed by atoms with van der Waals surface area (Å²) in [5, 5.41) is 19.4. The van der Waals surface area contributed by atoms with E-state index in [4.69, 9.17) is 4.42 Å². The van der Waals surface area contributed by atoms with Gasteiger partial charge in [-0.25, -0.2) is 4.79 Å². The van der Waals surface area contributed by atoms with Crippen molar-refractivity contribution in [2.75, 3.05) is 0 Å². The van der Waals surface area contributed by atoms with Gasteiger partial charge in [0.05, 0.1) is 11.8 Å². The molecule has 130 valence electrons. The molecule has 0 fully saturated rings. The summed E-state index contributed by atoms with van der Waals surface area (Å²) >= 11 is 0. The van der Waals surface area contributed by atoms with E-state index >= 15 is 0 Å². The molecule has 0 aliphatic rings. The molecule has 0 aliphatic heterocycles. The first-order valence-corrected chi connectivity index (χ1v) is 8.16. The van der Waals surface area contributed by atoms with Crippen LogP contribution >= 0.6 is 0 Å². The first-order valence-electron chi connectivity index (χ1n) is 8.16. The Balaban J connectivity index is 1.85. The first kappa shape index (κ1) is 16.8. The number of nitrogens with one attached hydrogen (secondary N) is 2. The minimum absolute atomic E-state index is 0.252. The van der Waals surface area contributed by atoms with Crippen LogP contribution < -0.4 is 5.32 Å². The third-order valence-electron chi connectivity index (χ3n) is 4.01. The number of H-pyrrole nitrogens is 1. The van der Waals surface area contributed by atoms with Crippen LogP contribution in [-0.4, -0.2) is 33.2 Å². The summed E-state index contributed by atoms with van der Waals surface area (Å²) < 4.78 is 5.75.